The number of nitrogens with two attached hydrogens (primary N) is 1. The van der Waals surface area contributed by atoms with Crippen molar-refractivity contribution in [1.29, 1.82) is 0 Å². The van der Waals surface area contributed by atoms with E-state index in [0.29, 0.717) is 4.31 Å². The molecule has 1 fully saturated rings. The van der Waals surface area contributed by atoms with E-state index in [1.807, 2.05) is 5.32 Å². The Kier molecular flexibility index (Phi) is 3.84. The van der Waals surface area contributed by atoms with Crippen LogP contribution in [0.1, 0.15) is 0 Å². The maximum atomic E-state index is 12.3. The van der Waals surface area contributed by atoms with Gasteiger partial charge in [-0.3, -0.25) is 14.9 Å². The van der Waals surface area contributed by atoms with Crippen molar-refractivity contribution in [1.82, 2.24) is 9.62 Å². The molecule has 0 bridgehead atoms. The zero-order chi connectivity index (χ0) is 15.8. The first-order valence-corrected chi connectivity index (χ1v) is 8.55. The molecule has 21 heavy (non-hydrogen) atoms. The fraction of sp³-hybridized carbons (Fsp3) is 0.200. The number of primary sulfonamides is 1. The Labute approximate surface area is 120 Å². The molecule has 0 atom stereocenters. The number of carbonyl (C=O) groups is 2. The SMILES string of the molecule is NS(=O)(=O)c1cccc(S(=O)(=O)N2CC(=O)NC(=O)C2)c1. The second-order valence-corrected chi connectivity index (χ2v) is 7.76. The first-order chi connectivity index (χ1) is 9.60. The quantitative estimate of drug-likeness (QED) is 0.611. The van der Waals surface area contributed by atoms with Gasteiger partial charge in [-0.1, -0.05) is 6.07 Å². The number of piperazine rings is 1. The van der Waals surface area contributed by atoms with Crippen LogP contribution in [0.3, 0.4) is 0 Å². The molecule has 9 nitrogen and oxygen atoms in total. The molecule has 0 aromatic heterocycles. The van der Waals surface area contributed by atoms with E-state index < -0.39 is 45.0 Å². The van der Waals surface area contributed by atoms with Crippen molar-refractivity contribution >= 4 is 31.9 Å². The van der Waals surface area contributed by atoms with Gasteiger partial charge < -0.3 is 0 Å². The Bertz CT molecular complexity index is 799. The lowest BCUT2D eigenvalue weighted by atomic mass is 10.4. The highest BCUT2D eigenvalue weighted by Gasteiger charge is 2.33. The number of sulfonamides is 2. The molecule has 2 amide bonds. The summed E-state index contributed by atoms with van der Waals surface area (Å²) in [6, 6.07) is 4.38. The van der Waals surface area contributed by atoms with Crippen LogP contribution in [0, 0.1) is 0 Å². The molecule has 1 heterocycles. The van der Waals surface area contributed by atoms with Crippen molar-refractivity contribution in [2.75, 3.05) is 13.1 Å². The second-order valence-electron chi connectivity index (χ2n) is 4.26. The van der Waals surface area contributed by atoms with Crippen LogP contribution in [0.2, 0.25) is 0 Å². The summed E-state index contributed by atoms with van der Waals surface area (Å²) in [4.78, 5) is 21.7. The third kappa shape index (κ3) is 3.26. The average molecular weight is 333 g/mol. The number of rotatable bonds is 3. The maximum Gasteiger partial charge on any atom is 0.244 e. The lowest BCUT2D eigenvalue weighted by molar-refractivity contribution is -0.134. The van der Waals surface area contributed by atoms with E-state index in [1.165, 1.54) is 6.07 Å². The van der Waals surface area contributed by atoms with Crippen LogP contribution in [-0.2, 0) is 29.6 Å². The third-order valence-electron chi connectivity index (χ3n) is 2.69. The van der Waals surface area contributed by atoms with E-state index in [2.05, 4.69) is 0 Å². The fourth-order valence-electron chi connectivity index (χ4n) is 1.74. The molecule has 3 N–H and O–H groups in total. The first-order valence-electron chi connectivity index (χ1n) is 5.56. The molecular formula is C10H11N3O6S2. The van der Waals surface area contributed by atoms with Gasteiger partial charge in [0.1, 0.15) is 0 Å². The molecule has 11 heteroatoms. The van der Waals surface area contributed by atoms with Crippen LogP contribution in [-0.4, -0.2) is 46.0 Å². The van der Waals surface area contributed by atoms with Crippen LogP contribution in [0.25, 0.3) is 0 Å². The van der Waals surface area contributed by atoms with Gasteiger partial charge in [0.15, 0.2) is 0 Å². The molecule has 114 valence electrons. The molecule has 0 unspecified atom stereocenters. The van der Waals surface area contributed by atoms with Gasteiger partial charge >= 0.3 is 0 Å². The number of amides is 2. The van der Waals surface area contributed by atoms with Crippen molar-refractivity contribution in [3.63, 3.8) is 0 Å². The lowest BCUT2D eigenvalue weighted by Gasteiger charge is -2.24. The Morgan fingerprint density at radius 1 is 1.00 bits per heavy atom. The highest BCUT2D eigenvalue weighted by molar-refractivity contribution is 7.90. The maximum absolute atomic E-state index is 12.3. The average Bonchev–Trinajstić information content (AvgIpc) is 2.36. The van der Waals surface area contributed by atoms with Crippen LogP contribution < -0.4 is 10.5 Å². The number of imide groups is 1. The smallest absolute Gasteiger partial charge is 0.244 e. The minimum atomic E-state index is -4.18. The summed E-state index contributed by atoms with van der Waals surface area (Å²) in [5, 5.41) is 6.91. The molecule has 2 rings (SSSR count). The van der Waals surface area contributed by atoms with Crippen LogP contribution in [0.4, 0.5) is 0 Å². The molecule has 1 aromatic carbocycles. The van der Waals surface area contributed by atoms with Gasteiger partial charge in [0, 0.05) is 0 Å². The van der Waals surface area contributed by atoms with Crippen molar-refractivity contribution < 1.29 is 26.4 Å². The standard InChI is InChI=1S/C10H11N3O6S2/c11-20(16,17)7-2-1-3-8(4-7)21(18,19)13-5-9(14)12-10(15)6-13/h1-4H,5-6H2,(H2,11,16,17)(H,12,14,15). The van der Waals surface area contributed by atoms with Gasteiger partial charge in [-0.2, -0.15) is 4.31 Å². The van der Waals surface area contributed by atoms with Gasteiger partial charge in [-0.15, -0.1) is 0 Å². The Balaban J connectivity index is 2.45. The monoisotopic (exact) mass is 333 g/mol. The number of nitrogens with one attached hydrogen (secondary N) is 1. The van der Waals surface area contributed by atoms with Gasteiger partial charge in [0.25, 0.3) is 0 Å². The van der Waals surface area contributed by atoms with Gasteiger partial charge in [-0.05, 0) is 18.2 Å². The number of hydrogen-bond donors (Lipinski definition) is 2. The molecule has 1 aliphatic heterocycles. The fourth-order valence-corrected chi connectivity index (χ4v) is 3.77. The van der Waals surface area contributed by atoms with Crippen molar-refractivity contribution in [2.24, 2.45) is 5.14 Å². The highest BCUT2D eigenvalue weighted by Crippen LogP contribution is 2.19. The summed E-state index contributed by atoms with van der Waals surface area (Å²) in [5.41, 5.74) is 0. The lowest BCUT2D eigenvalue weighted by Crippen LogP contribution is -2.53. The van der Waals surface area contributed by atoms with E-state index in [-0.39, 0.29) is 9.79 Å². The summed E-state index contributed by atoms with van der Waals surface area (Å²) >= 11 is 0. The minimum Gasteiger partial charge on any atom is -0.294 e. The largest absolute Gasteiger partial charge is 0.294 e. The zero-order valence-corrected chi connectivity index (χ0v) is 12.1. The predicted molar refractivity (Wildman–Crippen MR) is 69.7 cm³/mol. The predicted octanol–water partition coefficient (Wildman–Crippen LogP) is -2.02. The normalized spacial score (nSPS) is 17.6. The molecule has 1 aliphatic rings. The van der Waals surface area contributed by atoms with Crippen LogP contribution in [0.15, 0.2) is 34.1 Å². The molecular weight excluding hydrogens is 322 g/mol. The number of hydrogen-bond acceptors (Lipinski definition) is 6. The van der Waals surface area contributed by atoms with E-state index in [4.69, 9.17) is 5.14 Å². The number of benzene rings is 1. The Morgan fingerprint density at radius 3 is 2.05 bits per heavy atom. The van der Waals surface area contributed by atoms with Crippen molar-refractivity contribution in [3.05, 3.63) is 24.3 Å². The van der Waals surface area contributed by atoms with Crippen LogP contribution >= 0.6 is 0 Å². The first kappa shape index (κ1) is 15.6. The van der Waals surface area contributed by atoms with E-state index in [0.717, 1.165) is 18.2 Å². The van der Waals surface area contributed by atoms with Crippen molar-refractivity contribution in [2.45, 2.75) is 9.79 Å². The Morgan fingerprint density at radius 2 is 1.52 bits per heavy atom. The van der Waals surface area contributed by atoms with E-state index in [9.17, 15) is 26.4 Å². The Hall–Kier alpha value is -1.82. The molecule has 0 radical (unpaired) electrons. The molecule has 0 aliphatic carbocycles. The summed E-state index contributed by atoms with van der Waals surface area (Å²) in [6.07, 6.45) is 0. The zero-order valence-electron chi connectivity index (χ0n) is 10.5. The van der Waals surface area contributed by atoms with E-state index in [1.54, 1.807) is 0 Å². The molecule has 0 saturated carbocycles. The number of carbonyl (C=O) groups excluding carboxylic acids is 2. The molecule has 1 saturated heterocycles. The number of nitrogens with zero attached hydrogens (tertiary/aromatic N) is 1. The van der Waals surface area contributed by atoms with Gasteiger partial charge in [0.2, 0.25) is 31.9 Å². The molecule has 0 spiro atoms. The van der Waals surface area contributed by atoms with Crippen molar-refractivity contribution in [3.8, 4) is 0 Å². The summed E-state index contributed by atoms with van der Waals surface area (Å²) in [7, 11) is -8.25. The van der Waals surface area contributed by atoms with Crippen LogP contribution in [0.5, 0.6) is 0 Å². The summed E-state index contributed by atoms with van der Waals surface area (Å²) in [5.74, 6) is -1.50. The highest BCUT2D eigenvalue weighted by atomic mass is 32.2. The summed E-state index contributed by atoms with van der Waals surface area (Å²) < 4.78 is 47.8. The summed E-state index contributed by atoms with van der Waals surface area (Å²) in [6.45, 7) is -1.04. The topological polar surface area (TPSA) is 144 Å². The second kappa shape index (κ2) is 5.18. The third-order valence-corrected chi connectivity index (χ3v) is 5.39. The molecule has 1 aromatic rings. The minimum absolute atomic E-state index is 0.364. The van der Waals surface area contributed by atoms with Gasteiger partial charge in [-0.25, -0.2) is 22.0 Å². The van der Waals surface area contributed by atoms with Gasteiger partial charge in [0.05, 0.1) is 22.9 Å². The van der Waals surface area contributed by atoms with E-state index >= 15 is 0 Å².